The van der Waals surface area contributed by atoms with E-state index in [0.717, 1.165) is 25.7 Å². The van der Waals surface area contributed by atoms with Crippen LogP contribution in [0.25, 0.3) is 0 Å². The summed E-state index contributed by atoms with van der Waals surface area (Å²) in [5.74, 6) is -2.06. The zero-order valence-corrected chi connectivity index (χ0v) is 17.5. The number of ether oxygens (including phenoxy) is 5. The number of esters is 1. The van der Waals surface area contributed by atoms with Crippen molar-refractivity contribution in [3.63, 3.8) is 0 Å². The largest absolute Gasteiger partial charge is 0.463 e. The molecular weight excluding hydrogens is 352 g/mol. The molecule has 0 saturated carbocycles. The molecule has 0 aromatic carbocycles. The summed E-state index contributed by atoms with van der Waals surface area (Å²) < 4.78 is 29.4. The van der Waals surface area contributed by atoms with E-state index in [4.69, 9.17) is 23.7 Å². The summed E-state index contributed by atoms with van der Waals surface area (Å²) in [5.41, 5.74) is 0. The van der Waals surface area contributed by atoms with Crippen LogP contribution in [-0.4, -0.2) is 60.3 Å². The molecule has 2 heterocycles. The molecule has 0 spiro atoms. The van der Waals surface area contributed by atoms with Crippen LogP contribution < -0.4 is 0 Å². The van der Waals surface area contributed by atoms with Crippen molar-refractivity contribution < 1.29 is 33.6 Å². The maximum Gasteiger partial charge on any atom is 0.309 e. The molecule has 0 bridgehead atoms. The van der Waals surface area contributed by atoms with Crippen molar-refractivity contribution in [3.05, 3.63) is 0 Å². The van der Waals surface area contributed by atoms with E-state index >= 15 is 0 Å². The first-order chi connectivity index (χ1) is 12.6. The third-order valence-electron chi connectivity index (χ3n) is 4.94. The molecule has 2 aliphatic heterocycles. The summed E-state index contributed by atoms with van der Waals surface area (Å²) >= 11 is 0. The third-order valence-corrected chi connectivity index (χ3v) is 4.94. The van der Waals surface area contributed by atoms with Gasteiger partial charge in [0.15, 0.2) is 11.6 Å². The van der Waals surface area contributed by atoms with Crippen molar-refractivity contribution in [1.29, 1.82) is 0 Å². The summed E-state index contributed by atoms with van der Waals surface area (Å²) in [7, 11) is 0. The van der Waals surface area contributed by atoms with Gasteiger partial charge in [0.05, 0.1) is 12.5 Å². The van der Waals surface area contributed by atoms with Crippen molar-refractivity contribution in [2.75, 3.05) is 13.2 Å². The number of hydrogen-bond donors (Lipinski definition) is 1. The Balaban J connectivity index is 2.10. The Morgan fingerprint density at radius 3 is 1.89 bits per heavy atom. The van der Waals surface area contributed by atoms with E-state index < -0.39 is 36.0 Å². The van der Waals surface area contributed by atoms with Crippen LogP contribution in [0.3, 0.4) is 0 Å². The van der Waals surface area contributed by atoms with Crippen LogP contribution in [0.2, 0.25) is 0 Å². The second-order valence-corrected chi connectivity index (χ2v) is 8.36. The van der Waals surface area contributed by atoms with Crippen molar-refractivity contribution in [1.82, 2.24) is 0 Å². The van der Waals surface area contributed by atoms with Gasteiger partial charge in [0, 0.05) is 0 Å². The van der Waals surface area contributed by atoms with Crippen LogP contribution in [0.15, 0.2) is 0 Å². The number of carbonyl (C=O) groups excluding carboxylic acids is 1. The molecule has 2 aliphatic rings. The van der Waals surface area contributed by atoms with E-state index in [1.165, 1.54) is 0 Å². The van der Waals surface area contributed by atoms with Gasteiger partial charge in [-0.1, -0.05) is 26.7 Å². The van der Waals surface area contributed by atoms with Gasteiger partial charge in [0.1, 0.15) is 31.0 Å². The van der Waals surface area contributed by atoms with Gasteiger partial charge < -0.3 is 28.8 Å². The molecule has 0 aliphatic carbocycles. The minimum absolute atomic E-state index is 0.0825. The van der Waals surface area contributed by atoms with Gasteiger partial charge in [-0.3, -0.25) is 4.79 Å². The molecule has 7 nitrogen and oxygen atoms in total. The lowest BCUT2D eigenvalue weighted by atomic mass is 9.97. The average molecular weight is 389 g/mol. The van der Waals surface area contributed by atoms with E-state index in [1.54, 1.807) is 27.7 Å². The normalized spacial score (nSPS) is 32.1. The fraction of sp³-hybridized carbons (Fsp3) is 0.950. The molecule has 2 fully saturated rings. The fourth-order valence-electron chi connectivity index (χ4n) is 3.91. The standard InChI is InChI=1S/C20H36O7/c1-7-9-13(10-8-2)18(22)23-12-15-17-16(26-20(5,6)25-15)14(11-21)24-19(3,4)27-17/h13-17,21H,7-12H2,1-6H3/t14-,15-,16-,17-/m1/s1. The van der Waals surface area contributed by atoms with E-state index in [1.807, 2.05) is 0 Å². The third kappa shape index (κ3) is 5.87. The van der Waals surface area contributed by atoms with E-state index in [9.17, 15) is 9.90 Å². The first-order valence-electron chi connectivity index (χ1n) is 10.1. The Morgan fingerprint density at radius 1 is 0.926 bits per heavy atom. The molecule has 7 heteroatoms. The highest BCUT2D eigenvalue weighted by Crippen LogP contribution is 2.38. The molecule has 0 unspecified atom stereocenters. The number of carbonyl (C=O) groups is 1. The lowest BCUT2D eigenvalue weighted by Gasteiger charge is -2.53. The molecule has 0 amide bonds. The first kappa shape index (κ1) is 22.6. The predicted molar refractivity (Wildman–Crippen MR) is 99.0 cm³/mol. The Bertz CT molecular complexity index is 485. The Labute approximate surface area is 162 Å². The van der Waals surface area contributed by atoms with Crippen LogP contribution in [0.5, 0.6) is 0 Å². The monoisotopic (exact) mass is 388 g/mol. The van der Waals surface area contributed by atoms with Crippen molar-refractivity contribution in [2.45, 2.75) is 103 Å². The Morgan fingerprint density at radius 2 is 1.41 bits per heavy atom. The van der Waals surface area contributed by atoms with E-state index in [-0.39, 0.29) is 25.1 Å². The van der Waals surface area contributed by atoms with Gasteiger partial charge in [-0.15, -0.1) is 0 Å². The molecule has 2 rings (SSSR count). The highest BCUT2D eigenvalue weighted by molar-refractivity contribution is 5.72. The first-order valence-corrected chi connectivity index (χ1v) is 10.1. The van der Waals surface area contributed by atoms with Crippen LogP contribution in [0.1, 0.15) is 67.2 Å². The molecule has 4 atom stereocenters. The second-order valence-electron chi connectivity index (χ2n) is 8.36. The smallest absolute Gasteiger partial charge is 0.309 e. The molecule has 0 radical (unpaired) electrons. The van der Waals surface area contributed by atoms with Crippen molar-refractivity contribution >= 4 is 5.97 Å². The van der Waals surface area contributed by atoms with Gasteiger partial charge in [-0.2, -0.15) is 0 Å². The highest BCUT2D eigenvalue weighted by atomic mass is 16.8. The second kappa shape index (κ2) is 9.18. The number of fused-ring (bicyclic) bond motifs is 1. The summed E-state index contributed by atoms with van der Waals surface area (Å²) in [5, 5.41) is 9.74. The van der Waals surface area contributed by atoms with Gasteiger partial charge in [-0.05, 0) is 40.5 Å². The summed E-state index contributed by atoms with van der Waals surface area (Å²) in [4.78, 5) is 12.5. The predicted octanol–water partition coefficient (Wildman–Crippen LogP) is 2.78. The Hall–Kier alpha value is -0.730. The maximum absolute atomic E-state index is 12.5. The fourth-order valence-corrected chi connectivity index (χ4v) is 3.91. The van der Waals surface area contributed by atoms with Crippen molar-refractivity contribution in [2.24, 2.45) is 5.92 Å². The average Bonchev–Trinajstić information content (AvgIpc) is 2.58. The van der Waals surface area contributed by atoms with Crippen LogP contribution >= 0.6 is 0 Å². The van der Waals surface area contributed by atoms with Crippen LogP contribution in [0.4, 0.5) is 0 Å². The molecule has 158 valence electrons. The quantitative estimate of drug-likeness (QED) is 0.640. The van der Waals surface area contributed by atoms with Crippen molar-refractivity contribution in [3.8, 4) is 0 Å². The topological polar surface area (TPSA) is 83.5 Å². The molecule has 2 saturated heterocycles. The number of rotatable bonds is 8. The van der Waals surface area contributed by atoms with Gasteiger partial charge in [0.2, 0.25) is 0 Å². The lowest BCUT2D eigenvalue weighted by Crippen LogP contribution is -2.67. The molecule has 0 aromatic rings. The number of aliphatic hydroxyl groups is 1. The maximum atomic E-state index is 12.5. The Kier molecular flexibility index (Phi) is 7.67. The molecular formula is C20H36O7. The molecule has 1 N–H and O–H groups in total. The zero-order chi connectivity index (χ0) is 20.2. The van der Waals surface area contributed by atoms with Crippen LogP contribution in [-0.2, 0) is 28.5 Å². The minimum Gasteiger partial charge on any atom is -0.463 e. The molecule has 27 heavy (non-hydrogen) atoms. The lowest BCUT2D eigenvalue weighted by molar-refractivity contribution is -0.426. The summed E-state index contributed by atoms with van der Waals surface area (Å²) in [6.07, 6.45) is 1.50. The van der Waals surface area contributed by atoms with E-state index in [0.29, 0.717) is 0 Å². The molecule has 0 aromatic heterocycles. The van der Waals surface area contributed by atoms with Gasteiger partial charge >= 0.3 is 5.97 Å². The van der Waals surface area contributed by atoms with Gasteiger partial charge in [0.25, 0.3) is 0 Å². The highest BCUT2D eigenvalue weighted by Gasteiger charge is 2.53. The number of aliphatic hydroxyl groups excluding tert-OH is 1. The SMILES string of the molecule is CCCC(CCC)C(=O)OC[C@H]1OC(C)(C)O[C@H]2[C@@H]1OC(C)(C)O[C@@H]2CO. The number of hydrogen-bond acceptors (Lipinski definition) is 7. The minimum atomic E-state index is -0.897. The van der Waals surface area contributed by atoms with Crippen LogP contribution in [0, 0.1) is 5.92 Å². The van der Waals surface area contributed by atoms with Gasteiger partial charge in [-0.25, -0.2) is 0 Å². The van der Waals surface area contributed by atoms with E-state index in [2.05, 4.69) is 13.8 Å². The summed E-state index contributed by atoms with van der Waals surface area (Å²) in [6, 6.07) is 0. The zero-order valence-electron chi connectivity index (χ0n) is 17.5. The summed E-state index contributed by atoms with van der Waals surface area (Å²) in [6.45, 7) is 11.2.